The highest BCUT2D eigenvalue weighted by atomic mass is 14.3. The summed E-state index contributed by atoms with van der Waals surface area (Å²) in [6, 6.07) is 0. The molecule has 0 radical (unpaired) electrons. The summed E-state index contributed by atoms with van der Waals surface area (Å²) in [4.78, 5) is 0. The number of fused-ring (bicyclic) bond motifs is 1. The van der Waals surface area contributed by atoms with Crippen molar-refractivity contribution in [2.45, 2.75) is 26.7 Å². The zero-order valence-corrected chi connectivity index (χ0v) is 6.72. The van der Waals surface area contributed by atoms with Gasteiger partial charge in [0.15, 0.2) is 0 Å². The summed E-state index contributed by atoms with van der Waals surface area (Å²) < 4.78 is 0. The van der Waals surface area contributed by atoms with E-state index in [1.807, 2.05) is 0 Å². The average molecular weight is 134 g/mol. The molecule has 0 heteroatoms. The van der Waals surface area contributed by atoms with Gasteiger partial charge in [-0.1, -0.05) is 23.3 Å². The van der Waals surface area contributed by atoms with Crippen molar-refractivity contribution in [1.82, 2.24) is 0 Å². The maximum atomic E-state index is 2.39. The smallest absolute Gasteiger partial charge is 0.00108 e. The standard InChI is InChI=1S/C10H14/c1-7-6-9-4-3-5-10(9)8(7)2/h3,5,9-10H,4,6H2,1-2H3. The van der Waals surface area contributed by atoms with E-state index < -0.39 is 0 Å². The Balaban J connectivity index is 2.30. The molecule has 0 aromatic heterocycles. The molecule has 0 spiro atoms. The summed E-state index contributed by atoms with van der Waals surface area (Å²) in [5.41, 5.74) is 3.28. The third kappa shape index (κ3) is 0.681. The van der Waals surface area contributed by atoms with Crippen molar-refractivity contribution >= 4 is 0 Å². The Morgan fingerprint density at radius 3 is 2.90 bits per heavy atom. The van der Waals surface area contributed by atoms with Crippen LogP contribution in [0.4, 0.5) is 0 Å². The van der Waals surface area contributed by atoms with Crippen molar-refractivity contribution < 1.29 is 0 Å². The fraction of sp³-hybridized carbons (Fsp3) is 0.600. The van der Waals surface area contributed by atoms with Gasteiger partial charge in [-0.05, 0) is 32.6 Å². The molecule has 2 atom stereocenters. The lowest BCUT2D eigenvalue weighted by atomic mass is 9.96. The molecule has 2 unspecified atom stereocenters. The Morgan fingerprint density at radius 2 is 2.20 bits per heavy atom. The van der Waals surface area contributed by atoms with Crippen molar-refractivity contribution in [3.05, 3.63) is 23.3 Å². The predicted molar refractivity (Wildman–Crippen MR) is 43.7 cm³/mol. The van der Waals surface area contributed by atoms with Gasteiger partial charge in [0.2, 0.25) is 0 Å². The molecule has 2 aliphatic rings. The lowest BCUT2D eigenvalue weighted by Crippen LogP contribution is -2.00. The zero-order valence-electron chi connectivity index (χ0n) is 6.72. The number of hydrogen-bond acceptors (Lipinski definition) is 0. The molecular formula is C10H14. The Hall–Kier alpha value is -0.520. The minimum atomic E-state index is 0.819. The van der Waals surface area contributed by atoms with Gasteiger partial charge >= 0.3 is 0 Å². The van der Waals surface area contributed by atoms with Crippen LogP contribution in [0.25, 0.3) is 0 Å². The van der Waals surface area contributed by atoms with E-state index in [-0.39, 0.29) is 0 Å². The van der Waals surface area contributed by atoms with Gasteiger partial charge in [-0.25, -0.2) is 0 Å². The van der Waals surface area contributed by atoms with E-state index in [2.05, 4.69) is 26.0 Å². The second-order valence-electron chi connectivity index (χ2n) is 3.62. The Kier molecular flexibility index (Phi) is 1.23. The Labute approximate surface area is 62.6 Å². The fourth-order valence-electron chi connectivity index (χ4n) is 2.25. The molecule has 0 amide bonds. The van der Waals surface area contributed by atoms with Crippen molar-refractivity contribution in [2.24, 2.45) is 11.8 Å². The summed E-state index contributed by atoms with van der Waals surface area (Å²) >= 11 is 0. The lowest BCUT2D eigenvalue weighted by molar-refractivity contribution is 0.510. The maximum absolute atomic E-state index is 2.39. The maximum Gasteiger partial charge on any atom is 0.00108 e. The van der Waals surface area contributed by atoms with Crippen LogP contribution in [-0.4, -0.2) is 0 Å². The molecule has 0 aromatic rings. The number of allylic oxidation sites excluding steroid dienone is 4. The van der Waals surface area contributed by atoms with E-state index in [1.54, 1.807) is 11.1 Å². The quantitative estimate of drug-likeness (QED) is 0.447. The normalized spacial score (nSPS) is 37.4. The first-order chi connectivity index (χ1) is 4.79. The zero-order chi connectivity index (χ0) is 7.14. The van der Waals surface area contributed by atoms with Gasteiger partial charge in [0.25, 0.3) is 0 Å². The molecule has 0 N–H and O–H groups in total. The summed E-state index contributed by atoms with van der Waals surface area (Å²) in [6.45, 7) is 4.57. The molecule has 0 nitrogen and oxygen atoms in total. The van der Waals surface area contributed by atoms with Crippen molar-refractivity contribution in [2.75, 3.05) is 0 Å². The molecular weight excluding hydrogens is 120 g/mol. The lowest BCUT2D eigenvalue weighted by Gasteiger charge is -2.08. The van der Waals surface area contributed by atoms with Crippen molar-refractivity contribution in [3.63, 3.8) is 0 Å². The minimum Gasteiger partial charge on any atom is -0.0876 e. The van der Waals surface area contributed by atoms with Gasteiger partial charge in [-0.15, -0.1) is 0 Å². The number of rotatable bonds is 0. The molecule has 0 heterocycles. The van der Waals surface area contributed by atoms with Crippen LogP contribution in [0, 0.1) is 11.8 Å². The van der Waals surface area contributed by atoms with Gasteiger partial charge < -0.3 is 0 Å². The van der Waals surface area contributed by atoms with Crippen LogP contribution in [0.5, 0.6) is 0 Å². The first-order valence-corrected chi connectivity index (χ1v) is 4.12. The van der Waals surface area contributed by atoms with E-state index in [1.165, 1.54) is 12.8 Å². The van der Waals surface area contributed by atoms with Crippen LogP contribution < -0.4 is 0 Å². The van der Waals surface area contributed by atoms with Gasteiger partial charge in [0.1, 0.15) is 0 Å². The summed E-state index contributed by atoms with van der Waals surface area (Å²) in [7, 11) is 0. The topological polar surface area (TPSA) is 0 Å². The van der Waals surface area contributed by atoms with E-state index in [0.717, 1.165) is 11.8 Å². The molecule has 2 aliphatic carbocycles. The van der Waals surface area contributed by atoms with Crippen LogP contribution >= 0.6 is 0 Å². The highest BCUT2D eigenvalue weighted by Crippen LogP contribution is 2.42. The van der Waals surface area contributed by atoms with Crippen LogP contribution in [0.1, 0.15) is 26.7 Å². The van der Waals surface area contributed by atoms with Gasteiger partial charge in [0.05, 0.1) is 0 Å². The Bertz CT molecular complexity index is 208. The van der Waals surface area contributed by atoms with Gasteiger partial charge in [0, 0.05) is 5.92 Å². The summed E-state index contributed by atoms with van der Waals surface area (Å²) in [5.74, 6) is 1.76. The monoisotopic (exact) mass is 134 g/mol. The molecule has 0 bridgehead atoms. The second-order valence-corrected chi connectivity index (χ2v) is 3.62. The van der Waals surface area contributed by atoms with E-state index in [9.17, 15) is 0 Å². The molecule has 0 saturated heterocycles. The molecule has 0 aliphatic heterocycles. The molecule has 54 valence electrons. The van der Waals surface area contributed by atoms with Crippen LogP contribution in [0.15, 0.2) is 23.3 Å². The third-order valence-electron chi connectivity index (χ3n) is 3.03. The fourth-order valence-corrected chi connectivity index (χ4v) is 2.25. The molecule has 2 rings (SSSR count). The van der Waals surface area contributed by atoms with E-state index >= 15 is 0 Å². The van der Waals surface area contributed by atoms with Crippen molar-refractivity contribution in [1.29, 1.82) is 0 Å². The van der Waals surface area contributed by atoms with Gasteiger partial charge in [-0.3, -0.25) is 0 Å². The molecule has 0 saturated carbocycles. The number of hydrogen-bond donors (Lipinski definition) is 0. The SMILES string of the molecule is CC1=C(C)C2C=CCC2C1. The molecule has 10 heavy (non-hydrogen) atoms. The molecule has 0 aromatic carbocycles. The van der Waals surface area contributed by atoms with Crippen LogP contribution in [0.3, 0.4) is 0 Å². The second kappa shape index (κ2) is 1.98. The Morgan fingerprint density at radius 1 is 1.40 bits per heavy atom. The van der Waals surface area contributed by atoms with Crippen LogP contribution in [-0.2, 0) is 0 Å². The van der Waals surface area contributed by atoms with E-state index in [4.69, 9.17) is 0 Å². The summed E-state index contributed by atoms with van der Waals surface area (Å²) in [5, 5.41) is 0. The van der Waals surface area contributed by atoms with Crippen LogP contribution in [0.2, 0.25) is 0 Å². The third-order valence-corrected chi connectivity index (χ3v) is 3.03. The van der Waals surface area contributed by atoms with E-state index in [0.29, 0.717) is 0 Å². The predicted octanol–water partition coefficient (Wildman–Crippen LogP) is 2.92. The average Bonchev–Trinajstić information content (AvgIpc) is 2.41. The highest BCUT2D eigenvalue weighted by Gasteiger charge is 2.30. The largest absolute Gasteiger partial charge is 0.0876 e. The molecule has 0 fully saturated rings. The first-order valence-electron chi connectivity index (χ1n) is 4.12. The highest BCUT2D eigenvalue weighted by molar-refractivity contribution is 5.28. The van der Waals surface area contributed by atoms with Crippen molar-refractivity contribution in [3.8, 4) is 0 Å². The first kappa shape index (κ1) is 6.21. The van der Waals surface area contributed by atoms with Gasteiger partial charge in [-0.2, -0.15) is 0 Å². The minimum absolute atomic E-state index is 0.819. The summed E-state index contributed by atoms with van der Waals surface area (Å²) in [6.07, 6.45) is 7.39.